The molecule has 0 fully saturated rings. The molecule has 166 valence electrons. The van der Waals surface area contributed by atoms with Gasteiger partial charge in [0.2, 0.25) is 11.2 Å². The average Bonchev–Trinajstić information content (AvgIpc) is 2.84. The molecule has 0 atom stereocenters. The molecule has 4 aromatic rings. The van der Waals surface area contributed by atoms with E-state index in [4.69, 9.17) is 18.6 Å². The third kappa shape index (κ3) is 4.65. The summed E-state index contributed by atoms with van der Waals surface area (Å²) in [6.45, 7) is 1.91. The van der Waals surface area contributed by atoms with Crippen molar-refractivity contribution in [2.75, 3.05) is 14.2 Å². The average molecular weight is 442 g/mol. The minimum Gasteiger partial charge on any atom is -0.493 e. The van der Waals surface area contributed by atoms with Gasteiger partial charge < -0.3 is 18.6 Å². The number of aryl methyl sites for hydroxylation is 1. The summed E-state index contributed by atoms with van der Waals surface area (Å²) in [6, 6.07) is 19.6. The molecule has 1 heterocycles. The highest BCUT2D eigenvalue weighted by molar-refractivity contribution is 5.91. The fourth-order valence-electron chi connectivity index (χ4n) is 3.41. The van der Waals surface area contributed by atoms with Crippen LogP contribution in [0.1, 0.15) is 11.1 Å². The van der Waals surface area contributed by atoms with Crippen LogP contribution in [0.5, 0.6) is 17.2 Å². The van der Waals surface area contributed by atoms with Gasteiger partial charge in [0.1, 0.15) is 5.58 Å². The molecule has 33 heavy (non-hydrogen) atoms. The maximum absolute atomic E-state index is 13.2. The lowest BCUT2D eigenvalue weighted by atomic mass is 10.1. The number of carbonyl (C=O) groups excluding carboxylic acids is 1. The first-order chi connectivity index (χ1) is 16.0. The first-order valence-electron chi connectivity index (χ1n) is 10.2. The third-order valence-electron chi connectivity index (χ3n) is 5.06. The minimum atomic E-state index is -0.708. The van der Waals surface area contributed by atoms with Crippen LogP contribution in [0.2, 0.25) is 0 Å². The number of methoxy groups -OCH3 is 2. The largest absolute Gasteiger partial charge is 0.493 e. The molecule has 0 unspecified atom stereocenters. The van der Waals surface area contributed by atoms with Crippen LogP contribution in [0.25, 0.3) is 28.4 Å². The fourth-order valence-corrected chi connectivity index (χ4v) is 3.41. The van der Waals surface area contributed by atoms with E-state index in [0.717, 1.165) is 5.56 Å². The van der Waals surface area contributed by atoms with Gasteiger partial charge in [0.05, 0.1) is 19.6 Å². The summed E-state index contributed by atoms with van der Waals surface area (Å²) < 4.78 is 22.0. The number of rotatable bonds is 6. The topological polar surface area (TPSA) is 75.0 Å². The molecule has 0 spiro atoms. The van der Waals surface area contributed by atoms with Crippen LogP contribution in [0, 0.1) is 6.92 Å². The molecule has 0 amide bonds. The van der Waals surface area contributed by atoms with Gasteiger partial charge >= 0.3 is 5.97 Å². The third-order valence-corrected chi connectivity index (χ3v) is 5.06. The molecular weight excluding hydrogens is 420 g/mol. The lowest BCUT2D eigenvalue weighted by Gasteiger charge is -2.10. The van der Waals surface area contributed by atoms with E-state index >= 15 is 0 Å². The first-order valence-corrected chi connectivity index (χ1v) is 10.2. The van der Waals surface area contributed by atoms with Gasteiger partial charge in [-0.3, -0.25) is 4.79 Å². The smallest absolute Gasteiger partial charge is 0.336 e. The Kier molecular flexibility index (Phi) is 6.26. The number of carbonyl (C=O) groups is 1. The van der Waals surface area contributed by atoms with Gasteiger partial charge in [-0.1, -0.05) is 42.5 Å². The van der Waals surface area contributed by atoms with E-state index in [1.54, 1.807) is 55.7 Å². The molecule has 0 radical (unpaired) electrons. The van der Waals surface area contributed by atoms with Gasteiger partial charge in [-0.15, -0.1) is 0 Å². The zero-order valence-electron chi connectivity index (χ0n) is 18.5. The standard InChI is InChI=1S/C27H22O6/c1-17-9-12-20-22(15-17)32-26(19-7-5-4-6-8-19)27(25(20)29)33-24(28)14-11-18-10-13-21(30-2)23(16-18)31-3/h4-16H,1-3H3/b14-11+. The number of fused-ring (bicyclic) bond motifs is 1. The van der Waals surface area contributed by atoms with Crippen LogP contribution in [0.3, 0.4) is 0 Å². The Morgan fingerprint density at radius 1 is 0.909 bits per heavy atom. The molecule has 0 N–H and O–H groups in total. The second kappa shape index (κ2) is 9.44. The summed E-state index contributed by atoms with van der Waals surface area (Å²) in [5.74, 6) is 0.449. The Hall–Kier alpha value is -4.32. The summed E-state index contributed by atoms with van der Waals surface area (Å²) >= 11 is 0. The van der Waals surface area contributed by atoms with Crippen molar-refractivity contribution in [3.63, 3.8) is 0 Å². The van der Waals surface area contributed by atoms with E-state index < -0.39 is 11.4 Å². The Bertz CT molecular complexity index is 1400. The summed E-state index contributed by atoms with van der Waals surface area (Å²) in [5, 5.41) is 0.340. The highest BCUT2D eigenvalue weighted by Crippen LogP contribution is 2.31. The van der Waals surface area contributed by atoms with Crippen molar-refractivity contribution in [1.82, 2.24) is 0 Å². The van der Waals surface area contributed by atoms with Crippen LogP contribution in [-0.4, -0.2) is 20.2 Å². The normalized spacial score (nSPS) is 11.0. The van der Waals surface area contributed by atoms with Crippen molar-refractivity contribution >= 4 is 23.0 Å². The molecule has 0 saturated heterocycles. The van der Waals surface area contributed by atoms with Gasteiger partial charge in [0.15, 0.2) is 17.3 Å². The number of ether oxygens (including phenoxy) is 3. The maximum Gasteiger partial charge on any atom is 0.336 e. The summed E-state index contributed by atoms with van der Waals surface area (Å²) in [6.07, 6.45) is 2.81. The predicted molar refractivity (Wildman–Crippen MR) is 127 cm³/mol. The molecule has 3 aromatic carbocycles. The summed E-state index contributed by atoms with van der Waals surface area (Å²) in [5.41, 5.74) is 2.30. The molecule has 4 rings (SSSR count). The van der Waals surface area contributed by atoms with E-state index in [2.05, 4.69) is 0 Å². The highest BCUT2D eigenvalue weighted by Gasteiger charge is 2.19. The summed E-state index contributed by atoms with van der Waals surface area (Å²) in [7, 11) is 3.08. The number of esters is 1. The van der Waals surface area contributed by atoms with E-state index in [1.807, 2.05) is 31.2 Å². The Labute approximate surface area is 190 Å². The molecule has 6 nitrogen and oxygen atoms in total. The van der Waals surface area contributed by atoms with E-state index in [-0.39, 0.29) is 11.5 Å². The van der Waals surface area contributed by atoms with Gasteiger partial charge in [-0.2, -0.15) is 0 Å². The molecule has 0 aliphatic heterocycles. The predicted octanol–water partition coefficient (Wildman–Crippen LogP) is 5.40. The SMILES string of the molecule is COc1ccc(/C=C/C(=O)Oc2c(-c3ccccc3)oc3cc(C)ccc3c2=O)cc1OC. The van der Waals surface area contributed by atoms with Crippen molar-refractivity contribution in [2.24, 2.45) is 0 Å². The monoisotopic (exact) mass is 442 g/mol. The Morgan fingerprint density at radius 3 is 2.39 bits per heavy atom. The molecular formula is C27H22O6. The summed E-state index contributed by atoms with van der Waals surface area (Å²) in [4.78, 5) is 25.8. The van der Waals surface area contributed by atoms with Crippen LogP contribution < -0.4 is 19.6 Å². The highest BCUT2D eigenvalue weighted by atomic mass is 16.5. The van der Waals surface area contributed by atoms with Crippen molar-refractivity contribution in [3.8, 4) is 28.6 Å². The Morgan fingerprint density at radius 2 is 1.67 bits per heavy atom. The molecule has 0 aliphatic carbocycles. The van der Waals surface area contributed by atoms with E-state index in [9.17, 15) is 9.59 Å². The van der Waals surface area contributed by atoms with Gasteiger partial charge in [0, 0.05) is 11.6 Å². The van der Waals surface area contributed by atoms with Crippen molar-refractivity contribution in [1.29, 1.82) is 0 Å². The lowest BCUT2D eigenvalue weighted by Crippen LogP contribution is -2.14. The maximum atomic E-state index is 13.2. The zero-order valence-corrected chi connectivity index (χ0v) is 18.5. The van der Waals surface area contributed by atoms with E-state index in [0.29, 0.717) is 33.6 Å². The molecule has 0 saturated carbocycles. The number of hydrogen-bond acceptors (Lipinski definition) is 6. The second-order valence-corrected chi connectivity index (χ2v) is 7.32. The lowest BCUT2D eigenvalue weighted by molar-refractivity contribution is -0.129. The van der Waals surface area contributed by atoms with Crippen molar-refractivity contribution in [3.05, 3.63) is 94.2 Å². The van der Waals surface area contributed by atoms with Crippen LogP contribution >= 0.6 is 0 Å². The first kappa shape index (κ1) is 21.9. The minimum absolute atomic E-state index is 0.153. The zero-order chi connectivity index (χ0) is 23.4. The van der Waals surface area contributed by atoms with Crippen LogP contribution in [-0.2, 0) is 4.79 Å². The fraction of sp³-hybridized carbons (Fsp3) is 0.111. The van der Waals surface area contributed by atoms with Crippen molar-refractivity contribution in [2.45, 2.75) is 6.92 Å². The van der Waals surface area contributed by atoms with Gasteiger partial charge in [-0.05, 0) is 48.4 Å². The molecule has 6 heteroatoms. The molecule has 1 aromatic heterocycles. The van der Waals surface area contributed by atoms with Crippen molar-refractivity contribution < 1.29 is 23.4 Å². The van der Waals surface area contributed by atoms with Crippen LogP contribution in [0.15, 0.2) is 82.0 Å². The van der Waals surface area contributed by atoms with Gasteiger partial charge in [0.25, 0.3) is 0 Å². The van der Waals surface area contributed by atoms with E-state index in [1.165, 1.54) is 13.2 Å². The second-order valence-electron chi connectivity index (χ2n) is 7.32. The van der Waals surface area contributed by atoms with Crippen LogP contribution in [0.4, 0.5) is 0 Å². The molecule has 0 aliphatic rings. The quantitative estimate of drug-likeness (QED) is 0.294. The number of hydrogen-bond donors (Lipinski definition) is 0. The molecule has 0 bridgehead atoms. The number of benzene rings is 3. The Balaban J connectivity index is 1.71. The van der Waals surface area contributed by atoms with Gasteiger partial charge in [-0.25, -0.2) is 4.79 Å².